The number of carbonyl (C=O) groups is 1. The van der Waals surface area contributed by atoms with Crippen LogP contribution in [-0.2, 0) is 19.6 Å². The Morgan fingerprint density at radius 1 is 1.12 bits per heavy atom. The Morgan fingerprint density at radius 3 is 2.48 bits per heavy atom. The van der Waals surface area contributed by atoms with Crippen LogP contribution >= 0.6 is 0 Å². The topological polar surface area (TPSA) is 88.2 Å². The largest absolute Gasteiger partial charge is 0.493 e. The molecule has 1 saturated heterocycles. The molecule has 8 nitrogen and oxygen atoms in total. The van der Waals surface area contributed by atoms with Crippen LogP contribution in [0.4, 0.5) is 11.4 Å². The molecule has 1 amide bonds. The molecule has 180 valence electrons. The number of amides is 1. The zero-order valence-electron chi connectivity index (χ0n) is 19.5. The number of hydrogen-bond acceptors (Lipinski definition) is 6. The van der Waals surface area contributed by atoms with E-state index in [1.165, 1.54) is 4.31 Å². The van der Waals surface area contributed by atoms with E-state index in [4.69, 9.17) is 9.47 Å². The average molecular weight is 476 g/mol. The average Bonchev–Trinajstić information content (AvgIpc) is 2.81. The number of carbonyl (C=O) groups excluding carboxylic acids is 1. The predicted molar refractivity (Wildman–Crippen MR) is 130 cm³/mol. The van der Waals surface area contributed by atoms with Crippen molar-refractivity contribution >= 4 is 27.3 Å². The number of para-hydroxylation sites is 1. The van der Waals surface area contributed by atoms with Gasteiger partial charge in [-0.05, 0) is 36.8 Å². The van der Waals surface area contributed by atoms with E-state index in [1.807, 2.05) is 31.2 Å². The maximum atomic E-state index is 13.0. The van der Waals surface area contributed by atoms with Crippen molar-refractivity contribution in [3.05, 3.63) is 48.0 Å². The summed E-state index contributed by atoms with van der Waals surface area (Å²) in [6.07, 6.45) is 0.143. The summed E-state index contributed by atoms with van der Waals surface area (Å²) < 4.78 is 38.7. The summed E-state index contributed by atoms with van der Waals surface area (Å²) in [5, 5.41) is 2.91. The van der Waals surface area contributed by atoms with Gasteiger partial charge in [-0.15, -0.1) is 0 Å². The quantitative estimate of drug-likeness (QED) is 0.568. The number of aryl methyl sites for hydroxylation is 1. The number of sulfonamides is 1. The molecule has 0 aromatic heterocycles. The van der Waals surface area contributed by atoms with Crippen molar-refractivity contribution in [1.29, 1.82) is 0 Å². The van der Waals surface area contributed by atoms with Gasteiger partial charge in [0, 0.05) is 26.2 Å². The maximum Gasteiger partial charge on any atom is 0.243 e. The molecule has 1 aliphatic heterocycles. The minimum absolute atomic E-state index is 0.143. The molecule has 2 aromatic carbocycles. The van der Waals surface area contributed by atoms with E-state index in [1.54, 1.807) is 32.0 Å². The Labute approximate surface area is 196 Å². The number of hydrogen-bond donors (Lipinski definition) is 1. The molecule has 1 aliphatic rings. The van der Waals surface area contributed by atoms with Gasteiger partial charge in [0.2, 0.25) is 15.9 Å². The number of benzene rings is 2. The third-order valence-electron chi connectivity index (χ3n) is 5.62. The van der Waals surface area contributed by atoms with Crippen LogP contribution in [0.1, 0.15) is 25.8 Å². The third kappa shape index (κ3) is 6.25. The lowest BCUT2D eigenvalue weighted by atomic mass is 10.2. The molecule has 0 aliphatic carbocycles. The third-order valence-corrected chi connectivity index (χ3v) is 7.66. The highest BCUT2D eigenvalue weighted by Crippen LogP contribution is 2.31. The standard InChI is InChI=1S/C24H33N3O5S/c1-4-27(5-2)33(29,30)20-10-11-22(26-13-16-31-17-14-26)21(18-20)25-24(28)12-15-32-23-9-7-6-8-19(23)3/h6-11,18H,4-5,12-17H2,1-3H3,(H,25,28). The van der Waals surface area contributed by atoms with E-state index in [0.29, 0.717) is 45.1 Å². The molecule has 0 radical (unpaired) electrons. The molecule has 9 heteroatoms. The second kappa shape index (κ2) is 11.5. The molecular formula is C24H33N3O5S. The number of rotatable bonds is 10. The summed E-state index contributed by atoms with van der Waals surface area (Å²) in [4.78, 5) is 15.0. The van der Waals surface area contributed by atoms with Gasteiger partial charge in [0.05, 0.1) is 42.5 Å². The van der Waals surface area contributed by atoms with Gasteiger partial charge in [0.1, 0.15) is 5.75 Å². The smallest absolute Gasteiger partial charge is 0.243 e. The van der Waals surface area contributed by atoms with Crippen LogP contribution in [0.5, 0.6) is 5.75 Å². The van der Waals surface area contributed by atoms with Crippen molar-refractivity contribution < 1.29 is 22.7 Å². The van der Waals surface area contributed by atoms with Crippen molar-refractivity contribution in [2.45, 2.75) is 32.1 Å². The van der Waals surface area contributed by atoms with Gasteiger partial charge in [0.25, 0.3) is 0 Å². The molecule has 0 atom stereocenters. The summed E-state index contributed by atoms with van der Waals surface area (Å²) >= 11 is 0. The maximum absolute atomic E-state index is 13.0. The molecule has 0 unspecified atom stereocenters. The van der Waals surface area contributed by atoms with Crippen molar-refractivity contribution in [1.82, 2.24) is 4.31 Å². The highest BCUT2D eigenvalue weighted by Gasteiger charge is 2.24. The van der Waals surface area contributed by atoms with Crippen molar-refractivity contribution in [2.24, 2.45) is 0 Å². The summed E-state index contributed by atoms with van der Waals surface area (Å²) in [7, 11) is -3.65. The highest BCUT2D eigenvalue weighted by molar-refractivity contribution is 7.89. The first-order valence-corrected chi connectivity index (χ1v) is 12.8. The Kier molecular flexibility index (Phi) is 8.71. The second-order valence-electron chi connectivity index (χ2n) is 7.78. The van der Waals surface area contributed by atoms with Crippen LogP contribution in [0.3, 0.4) is 0 Å². The first kappa shape index (κ1) is 25.0. The molecule has 0 saturated carbocycles. The van der Waals surface area contributed by atoms with Gasteiger partial charge in [-0.25, -0.2) is 8.42 Å². The zero-order chi connectivity index (χ0) is 23.8. The summed E-state index contributed by atoms with van der Waals surface area (Å²) in [6.45, 7) is 9.04. The summed E-state index contributed by atoms with van der Waals surface area (Å²) in [5.74, 6) is 0.502. The number of nitrogens with zero attached hydrogens (tertiary/aromatic N) is 2. The SMILES string of the molecule is CCN(CC)S(=O)(=O)c1ccc(N2CCOCC2)c(NC(=O)CCOc2ccccc2C)c1. The summed E-state index contributed by atoms with van der Waals surface area (Å²) in [5.41, 5.74) is 2.26. The fraction of sp³-hybridized carbons (Fsp3) is 0.458. The molecule has 0 bridgehead atoms. The number of morpholine rings is 1. The Hall–Kier alpha value is -2.62. The predicted octanol–water partition coefficient (Wildman–Crippen LogP) is 3.27. The summed E-state index contributed by atoms with van der Waals surface area (Å²) in [6, 6.07) is 12.6. The molecule has 1 N–H and O–H groups in total. The lowest BCUT2D eigenvalue weighted by Gasteiger charge is -2.31. The van der Waals surface area contributed by atoms with E-state index in [9.17, 15) is 13.2 Å². The van der Waals surface area contributed by atoms with Crippen LogP contribution in [0.15, 0.2) is 47.4 Å². The minimum Gasteiger partial charge on any atom is -0.493 e. The van der Waals surface area contributed by atoms with Crippen LogP contribution in [0.2, 0.25) is 0 Å². The highest BCUT2D eigenvalue weighted by atomic mass is 32.2. The van der Waals surface area contributed by atoms with Gasteiger partial charge in [-0.2, -0.15) is 4.31 Å². The van der Waals surface area contributed by atoms with Crippen molar-refractivity contribution in [3.8, 4) is 5.75 Å². The fourth-order valence-electron chi connectivity index (χ4n) is 3.75. The molecule has 1 heterocycles. The van der Waals surface area contributed by atoms with Gasteiger partial charge in [-0.1, -0.05) is 32.0 Å². The van der Waals surface area contributed by atoms with Gasteiger partial charge in [0.15, 0.2) is 0 Å². The first-order valence-electron chi connectivity index (χ1n) is 11.3. The van der Waals surface area contributed by atoms with Crippen LogP contribution in [0, 0.1) is 6.92 Å². The lowest BCUT2D eigenvalue weighted by Crippen LogP contribution is -2.37. The Balaban J connectivity index is 1.79. The van der Waals surface area contributed by atoms with Crippen molar-refractivity contribution in [2.75, 3.05) is 56.2 Å². The van der Waals surface area contributed by atoms with Gasteiger partial charge in [-0.3, -0.25) is 4.79 Å². The monoisotopic (exact) mass is 475 g/mol. The normalized spacial score (nSPS) is 14.4. The van der Waals surface area contributed by atoms with Crippen molar-refractivity contribution in [3.63, 3.8) is 0 Å². The molecule has 2 aromatic rings. The minimum atomic E-state index is -3.65. The first-order chi connectivity index (χ1) is 15.9. The van der Waals surface area contributed by atoms with Gasteiger partial charge >= 0.3 is 0 Å². The van der Waals surface area contributed by atoms with Crippen LogP contribution in [0.25, 0.3) is 0 Å². The number of anilines is 2. The second-order valence-corrected chi connectivity index (χ2v) is 9.72. The van der Waals surface area contributed by atoms with Crippen LogP contribution in [-0.4, -0.2) is 64.6 Å². The number of nitrogens with one attached hydrogen (secondary N) is 1. The Bertz CT molecular complexity index is 1050. The number of ether oxygens (including phenoxy) is 2. The van der Waals surface area contributed by atoms with E-state index in [0.717, 1.165) is 17.0 Å². The lowest BCUT2D eigenvalue weighted by molar-refractivity contribution is -0.116. The zero-order valence-corrected chi connectivity index (χ0v) is 20.4. The van der Waals surface area contributed by atoms with E-state index in [2.05, 4.69) is 10.2 Å². The van der Waals surface area contributed by atoms with Crippen LogP contribution < -0.4 is 15.0 Å². The van der Waals surface area contributed by atoms with E-state index in [-0.39, 0.29) is 23.8 Å². The van der Waals surface area contributed by atoms with Gasteiger partial charge < -0.3 is 19.7 Å². The van der Waals surface area contributed by atoms with E-state index >= 15 is 0 Å². The molecular weight excluding hydrogens is 442 g/mol. The molecule has 1 fully saturated rings. The molecule has 0 spiro atoms. The van der Waals surface area contributed by atoms with E-state index < -0.39 is 10.0 Å². The Morgan fingerprint density at radius 2 is 1.82 bits per heavy atom. The molecule has 3 rings (SSSR count). The fourth-order valence-corrected chi connectivity index (χ4v) is 5.24. The molecule has 33 heavy (non-hydrogen) atoms.